The first-order chi connectivity index (χ1) is 11.1. The second kappa shape index (κ2) is 8.47. The Bertz CT molecular complexity index is 556. The number of nitrogens with one attached hydrogen (secondary N) is 1. The van der Waals surface area contributed by atoms with Crippen LogP contribution in [0, 0.1) is 5.41 Å². The number of halogens is 4. The maximum atomic E-state index is 12.4. The predicted octanol–water partition coefficient (Wildman–Crippen LogP) is 4.01. The second-order valence-electron chi connectivity index (χ2n) is 7.01. The molecule has 1 aromatic carbocycles. The Kier molecular flexibility index (Phi) is 7.40. The van der Waals surface area contributed by atoms with Crippen molar-refractivity contribution in [2.75, 3.05) is 33.3 Å². The molecular weight excluding hydrogens is 357 g/mol. The Hall–Kier alpha value is -1.18. The lowest BCUT2D eigenvalue weighted by Crippen LogP contribution is -2.48. The van der Waals surface area contributed by atoms with Crippen LogP contribution in [-0.4, -0.2) is 44.6 Å². The minimum absolute atomic E-state index is 0. The van der Waals surface area contributed by atoms with Crippen molar-refractivity contribution in [1.29, 1.82) is 0 Å². The van der Waals surface area contributed by atoms with Crippen LogP contribution in [0.15, 0.2) is 18.2 Å². The number of rotatable bonds is 4. The number of ether oxygens (including phenoxy) is 2. The Labute approximate surface area is 153 Å². The molecule has 1 fully saturated rings. The Morgan fingerprint density at radius 3 is 2.20 bits per heavy atom. The number of hydrogen-bond donors (Lipinski definition) is 1. The summed E-state index contributed by atoms with van der Waals surface area (Å²) < 4.78 is 46.7. The summed E-state index contributed by atoms with van der Waals surface area (Å²) in [5, 5.41) is 3.32. The zero-order chi connectivity index (χ0) is 18.0. The molecule has 144 valence electrons. The van der Waals surface area contributed by atoms with Crippen LogP contribution in [-0.2, 0) is 0 Å². The van der Waals surface area contributed by atoms with Crippen molar-refractivity contribution in [2.24, 2.45) is 5.41 Å². The quantitative estimate of drug-likeness (QED) is 0.853. The first-order valence-corrected chi connectivity index (χ1v) is 8.00. The SMILES string of the molecule is COc1cc(OC(F)(F)F)ccc1[C@@H](N1CCNCC1)C(C)(C)C.Cl. The molecule has 1 N–H and O–H groups in total. The first-order valence-electron chi connectivity index (χ1n) is 8.00. The molecule has 1 saturated heterocycles. The number of benzene rings is 1. The van der Waals surface area contributed by atoms with Crippen molar-refractivity contribution in [3.8, 4) is 11.5 Å². The van der Waals surface area contributed by atoms with Crippen LogP contribution in [0.3, 0.4) is 0 Å². The number of nitrogens with zero attached hydrogens (tertiary/aromatic N) is 1. The molecule has 0 spiro atoms. The van der Waals surface area contributed by atoms with Gasteiger partial charge in [-0.1, -0.05) is 26.8 Å². The van der Waals surface area contributed by atoms with Gasteiger partial charge in [-0.2, -0.15) is 0 Å². The highest BCUT2D eigenvalue weighted by molar-refractivity contribution is 5.85. The molecule has 0 radical (unpaired) electrons. The van der Waals surface area contributed by atoms with E-state index in [9.17, 15) is 13.2 Å². The molecule has 1 aliphatic heterocycles. The van der Waals surface area contributed by atoms with Crippen molar-refractivity contribution in [3.05, 3.63) is 23.8 Å². The van der Waals surface area contributed by atoms with E-state index in [-0.39, 0.29) is 29.6 Å². The molecule has 0 saturated carbocycles. The highest BCUT2D eigenvalue weighted by Gasteiger charge is 2.35. The van der Waals surface area contributed by atoms with Crippen LogP contribution in [0.1, 0.15) is 32.4 Å². The summed E-state index contributed by atoms with van der Waals surface area (Å²) in [5.41, 5.74) is 0.776. The van der Waals surface area contributed by atoms with Crippen molar-refractivity contribution < 1.29 is 22.6 Å². The number of alkyl halides is 3. The van der Waals surface area contributed by atoms with Gasteiger partial charge in [-0.3, -0.25) is 4.90 Å². The lowest BCUT2D eigenvalue weighted by molar-refractivity contribution is -0.274. The average molecular weight is 383 g/mol. The second-order valence-corrected chi connectivity index (χ2v) is 7.01. The largest absolute Gasteiger partial charge is 0.573 e. The molecule has 1 aliphatic rings. The summed E-state index contributed by atoms with van der Waals surface area (Å²) in [6, 6.07) is 4.38. The lowest BCUT2D eigenvalue weighted by Gasteiger charge is -2.43. The molecule has 0 amide bonds. The van der Waals surface area contributed by atoms with Gasteiger partial charge in [-0.05, 0) is 11.5 Å². The minimum Gasteiger partial charge on any atom is -0.496 e. The Balaban J connectivity index is 0.00000312. The van der Waals surface area contributed by atoms with E-state index < -0.39 is 6.36 Å². The molecule has 0 aromatic heterocycles. The van der Waals surface area contributed by atoms with Crippen LogP contribution in [0.5, 0.6) is 11.5 Å². The molecule has 0 aliphatic carbocycles. The van der Waals surface area contributed by atoms with E-state index in [2.05, 4.69) is 35.7 Å². The van der Waals surface area contributed by atoms with Gasteiger partial charge in [0.25, 0.3) is 0 Å². The number of methoxy groups -OCH3 is 1. The fraction of sp³-hybridized carbons (Fsp3) is 0.647. The first kappa shape index (κ1) is 21.9. The predicted molar refractivity (Wildman–Crippen MR) is 93.6 cm³/mol. The summed E-state index contributed by atoms with van der Waals surface area (Å²) in [6.45, 7) is 9.92. The summed E-state index contributed by atoms with van der Waals surface area (Å²) in [7, 11) is 1.47. The third-order valence-corrected chi connectivity index (χ3v) is 4.07. The summed E-state index contributed by atoms with van der Waals surface area (Å²) in [6.07, 6.45) is -4.71. The van der Waals surface area contributed by atoms with Crippen molar-refractivity contribution in [1.82, 2.24) is 10.2 Å². The zero-order valence-electron chi connectivity index (χ0n) is 14.9. The standard InChI is InChI=1S/C17H25F3N2O2.ClH/c1-16(2,3)15(22-9-7-21-8-10-22)13-6-5-12(11-14(13)23-4)24-17(18,19)20;/h5-6,11,15,21H,7-10H2,1-4H3;1H/t15-;/m1./s1. The lowest BCUT2D eigenvalue weighted by atomic mass is 9.80. The van der Waals surface area contributed by atoms with Gasteiger partial charge in [0.15, 0.2) is 0 Å². The van der Waals surface area contributed by atoms with Crippen molar-refractivity contribution >= 4 is 12.4 Å². The summed E-state index contributed by atoms with van der Waals surface area (Å²) in [5.74, 6) is 0.145. The van der Waals surface area contributed by atoms with Crippen LogP contribution in [0.25, 0.3) is 0 Å². The van der Waals surface area contributed by atoms with E-state index in [1.54, 1.807) is 6.07 Å². The monoisotopic (exact) mass is 382 g/mol. The number of piperazine rings is 1. The molecule has 2 rings (SSSR count). The molecular formula is C17H26ClF3N2O2. The third kappa shape index (κ3) is 5.94. The highest BCUT2D eigenvalue weighted by atomic mass is 35.5. The minimum atomic E-state index is -4.71. The van der Waals surface area contributed by atoms with Crippen molar-refractivity contribution in [2.45, 2.75) is 33.2 Å². The van der Waals surface area contributed by atoms with Gasteiger partial charge in [0.1, 0.15) is 11.5 Å². The van der Waals surface area contributed by atoms with Gasteiger partial charge in [0.2, 0.25) is 0 Å². The van der Waals surface area contributed by atoms with Gasteiger partial charge in [0, 0.05) is 43.9 Å². The molecule has 4 nitrogen and oxygen atoms in total. The van der Waals surface area contributed by atoms with E-state index in [4.69, 9.17) is 4.74 Å². The van der Waals surface area contributed by atoms with E-state index in [1.165, 1.54) is 19.2 Å². The zero-order valence-corrected chi connectivity index (χ0v) is 15.8. The van der Waals surface area contributed by atoms with Crippen LogP contribution in [0.2, 0.25) is 0 Å². The average Bonchev–Trinajstić information content (AvgIpc) is 2.47. The van der Waals surface area contributed by atoms with Gasteiger partial charge < -0.3 is 14.8 Å². The Morgan fingerprint density at radius 1 is 1.12 bits per heavy atom. The van der Waals surface area contributed by atoms with E-state index in [0.29, 0.717) is 5.75 Å². The van der Waals surface area contributed by atoms with Gasteiger partial charge in [-0.15, -0.1) is 25.6 Å². The smallest absolute Gasteiger partial charge is 0.496 e. The maximum Gasteiger partial charge on any atom is 0.573 e. The Morgan fingerprint density at radius 2 is 1.72 bits per heavy atom. The van der Waals surface area contributed by atoms with Crippen LogP contribution in [0.4, 0.5) is 13.2 Å². The molecule has 1 heterocycles. The van der Waals surface area contributed by atoms with Crippen LogP contribution >= 0.6 is 12.4 Å². The molecule has 0 bridgehead atoms. The molecule has 1 atom stereocenters. The van der Waals surface area contributed by atoms with Gasteiger partial charge in [0.05, 0.1) is 7.11 Å². The van der Waals surface area contributed by atoms with E-state index >= 15 is 0 Å². The fourth-order valence-corrected chi connectivity index (χ4v) is 3.27. The molecule has 8 heteroatoms. The summed E-state index contributed by atoms with van der Waals surface area (Å²) >= 11 is 0. The maximum absolute atomic E-state index is 12.4. The van der Waals surface area contributed by atoms with Gasteiger partial charge in [-0.25, -0.2) is 0 Å². The highest BCUT2D eigenvalue weighted by Crippen LogP contribution is 2.43. The normalized spacial score (nSPS) is 17.6. The molecule has 1 aromatic rings. The molecule has 0 unspecified atom stereocenters. The van der Waals surface area contributed by atoms with Crippen LogP contribution < -0.4 is 14.8 Å². The number of hydrogen-bond acceptors (Lipinski definition) is 4. The summed E-state index contributed by atoms with van der Waals surface area (Å²) in [4.78, 5) is 2.35. The topological polar surface area (TPSA) is 33.7 Å². The third-order valence-electron chi connectivity index (χ3n) is 4.07. The van der Waals surface area contributed by atoms with E-state index in [0.717, 1.165) is 31.7 Å². The van der Waals surface area contributed by atoms with Gasteiger partial charge >= 0.3 is 6.36 Å². The fourth-order valence-electron chi connectivity index (χ4n) is 3.27. The molecule has 25 heavy (non-hydrogen) atoms. The van der Waals surface area contributed by atoms with Crippen molar-refractivity contribution in [3.63, 3.8) is 0 Å². The van der Waals surface area contributed by atoms with E-state index in [1.807, 2.05) is 0 Å².